The zero-order valence-corrected chi connectivity index (χ0v) is 10.3. The lowest BCUT2D eigenvalue weighted by molar-refractivity contribution is 0.619. The molecule has 0 atom stereocenters. The molecule has 1 fully saturated rings. The summed E-state index contributed by atoms with van der Waals surface area (Å²) in [5, 5.41) is 3.43. The van der Waals surface area contributed by atoms with Gasteiger partial charge in [0.15, 0.2) is 0 Å². The Kier molecular flexibility index (Phi) is 3.22. The minimum absolute atomic E-state index is 0.933. The second-order valence-electron chi connectivity index (χ2n) is 4.95. The van der Waals surface area contributed by atoms with E-state index in [1.165, 1.54) is 42.8 Å². The summed E-state index contributed by atoms with van der Waals surface area (Å²) in [6, 6.07) is 0. The molecule has 0 bridgehead atoms. The van der Waals surface area contributed by atoms with E-state index in [1.54, 1.807) is 6.33 Å². The predicted molar refractivity (Wildman–Crippen MR) is 68.1 cm³/mol. The van der Waals surface area contributed by atoms with Crippen molar-refractivity contribution in [1.29, 1.82) is 0 Å². The van der Waals surface area contributed by atoms with Crippen LogP contribution in [-0.2, 0) is 13.0 Å². The van der Waals surface area contributed by atoms with Crippen molar-refractivity contribution in [2.45, 2.75) is 38.6 Å². The van der Waals surface area contributed by atoms with Gasteiger partial charge < -0.3 is 10.2 Å². The van der Waals surface area contributed by atoms with Gasteiger partial charge in [-0.05, 0) is 12.8 Å². The largest absolute Gasteiger partial charge is 0.356 e. The number of anilines is 1. The highest BCUT2D eigenvalue weighted by molar-refractivity contribution is 5.49. The van der Waals surface area contributed by atoms with Crippen LogP contribution < -0.4 is 10.2 Å². The average molecular weight is 232 g/mol. The summed E-state index contributed by atoms with van der Waals surface area (Å²) in [5.74, 6) is 1.18. The van der Waals surface area contributed by atoms with Crippen molar-refractivity contribution in [3.63, 3.8) is 0 Å². The fourth-order valence-corrected chi connectivity index (χ4v) is 2.81. The lowest BCUT2D eigenvalue weighted by atomic mass is 10.1. The van der Waals surface area contributed by atoms with Crippen molar-refractivity contribution in [3.05, 3.63) is 17.6 Å². The smallest absolute Gasteiger partial charge is 0.136 e. The molecule has 3 heterocycles. The number of hydrogen-bond donors (Lipinski definition) is 1. The summed E-state index contributed by atoms with van der Waals surface area (Å²) in [6.45, 7) is 4.29. The highest BCUT2D eigenvalue weighted by atomic mass is 15.2. The number of nitrogens with zero attached hydrogens (tertiary/aromatic N) is 3. The van der Waals surface area contributed by atoms with Gasteiger partial charge in [-0.15, -0.1) is 0 Å². The van der Waals surface area contributed by atoms with Crippen molar-refractivity contribution in [1.82, 2.24) is 15.3 Å². The molecule has 0 aromatic carbocycles. The molecule has 92 valence electrons. The van der Waals surface area contributed by atoms with Gasteiger partial charge in [0.25, 0.3) is 0 Å². The second-order valence-corrected chi connectivity index (χ2v) is 4.95. The van der Waals surface area contributed by atoms with Crippen molar-refractivity contribution in [2.24, 2.45) is 0 Å². The van der Waals surface area contributed by atoms with Crippen LogP contribution in [0.1, 0.15) is 36.9 Å². The number of hydrogen-bond acceptors (Lipinski definition) is 4. The molecule has 4 heteroatoms. The first-order chi connectivity index (χ1) is 8.45. The maximum atomic E-state index is 4.53. The van der Waals surface area contributed by atoms with Gasteiger partial charge in [-0.25, -0.2) is 9.97 Å². The van der Waals surface area contributed by atoms with E-state index in [9.17, 15) is 0 Å². The van der Waals surface area contributed by atoms with Crippen LogP contribution in [0.3, 0.4) is 0 Å². The van der Waals surface area contributed by atoms with Gasteiger partial charge in [-0.2, -0.15) is 0 Å². The molecule has 0 radical (unpaired) electrons. The van der Waals surface area contributed by atoms with Crippen LogP contribution in [0.25, 0.3) is 0 Å². The molecule has 0 saturated carbocycles. The Hall–Kier alpha value is -1.16. The predicted octanol–water partition coefficient (Wildman–Crippen LogP) is 1.50. The molecular weight excluding hydrogens is 212 g/mol. The monoisotopic (exact) mass is 232 g/mol. The van der Waals surface area contributed by atoms with E-state index >= 15 is 0 Å². The van der Waals surface area contributed by atoms with Gasteiger partial charge in [0.05, 0.1) is 5.69 Å². The van der Waals surface area contributed by atoms with Crippen molar-refractivity contribution < 1.29 is 0 Å². The molecule has 1 aromatic heterocycles. The Balaban J connectivity index is 1.90. The molecule has 1 saturated heterocycles. The minimum atomic E-state index is 0.933. The number of nitrogens with one attached hydrogen (secondary N) is 1. The summed E-state index contributed by atoms with van der Waals surface area (Å²) < 4.78 is 0. The van der Waals surface area contributed by atoms with E-state index in [-0.39, 0.29) is 0 Å². The number of rotatable bonds is 1. The standard InChI is InChI=1S/C13H20N4/c1-2-4-8-17(7-3-1)13-11-9-14-6-5-12(11)15-10-16-13/h10,14H,1-9H2. The average Bonchev–Trinajstić information content (AvgIpc) is 2.67. The van der Waals surface area contributed by atoms with Crippen molar-refractivity contribution in [2.75, 3.05) is 24.5 Å². The van der Waals surface area contributed by atoms with Crippen LogP contribution in [-0.4, -0.2) is 29.6 Å². The normalized spacial score (nSPS) is 20.8. The van der Waals surface area contributed by atoms with Gasteiger partial charge in [0, 0.05) is 38.2 Å². The van der Waals surface area contributed by atoms with E-state index in [1.807, 2.05) is 0 Å². The third-order valence-electron chi connectivity index (χ3n) is 3.76. The summed E-state index contributed by atoms with van der Waals surface area (Å²) in [4.78, 5) is 11.4. The Morgan fingerprint density at radius 2 is 1.88 bits per heavy atom. The highest BCUT2D eigenvalue weighted by Gasteiger charge is 2.20. The van der Waals surface area contributed by atoms with Crippen LogP contribution in [0.15, 0.2) is 6.33 Å². The lowest BCUT2D eigenvalue weighted by Gasteiger charge is -2.27. The van der Waals surface area contributed by atoms with Crippen molar-refractivity contribution >= 4 is 5.82 Å². The SMILES string of the molecule is c1nc2c(c(N3CCCCCC3)n1)CNCC2. The lowest BCUT2D eigenvalue weighted by Crippen LogP contribution is -2.31. The molecule has 0 amide bonds. The van der Waals surface area contributed by atoms with Gasteiger partial charge in [-0.3, -0.25) is 0 Å². The summed E-state index contributed by atoms with van der Waals surface area (Å²) in [7, 11) is 0. The zero-order chi connectivity index (χ0) is 11.5. The van der Waals surface area contributed by atoms with E-state index in [2.05, 4.69) is 20.2 Å². The molecule has 17 heavy (non-hydrogen) atoms. The fourth-order valence-electron chi connectivity index (χ4n) is 2.81. The topological polar surface area (TPSA) is 41.1 Å². The maximum absolute atomic E-state index is 4.53. The highest BCUT2D eigenvalue weighted by Crippen LogP contribution is 2.24. The summed E-state index contributed by atoms with van der Waals surface area (Å²) >= 11 is 0. The first-order valence-electron chi connectivity index (χ1n) is 6.73. The van der Waals surface area contributed by atoms with E-state index in [0.717, 1.165) is 32.6 Å². The molecular formula is C13H20N4. The Morgan fingerprint density at radius 1 is 1.06 bits per heavy atom. The van der Waals surface area contributed by atoms with Crippen LogP contribution in [0, 0.1) is 0 Å². The molecule has 3 rings (SSSR count). The van der Waals surface area contributed by atoms with E-state index < -0.39 is 0 Å². The van der Waals surface area contributed by atoms with Crippen LogP contribution >= 0.6 is 0 Å². The van der Waals surface area contributed by atoms with Gasteiger partial charge in [0.2, 0.25) is 0 Å². The Labute approximate surface area is 102 Å². The second kappa shape index (κ2) is 5.00. The molecule has 1 N–H and O–H groups in total. The summed E-state index contributed by atoms with van der Waals surface area (Å²) in [5.41, 5.74) is 2.58. The van der Waals surface area contributed by atoms with E-state index in [4.69, 9.17) is 0 Å². The first-order valence-corrected chi connectivity index (χ1v) is 6.73. The van der Waals surface area contributed by atoms with Gasteiger partial charge in [-0.1, -0.05) is 12.8 Å². The third-order valence-corrected chi connectivity index (χ3v) is 3.76. The van der Waals surface area contributed by atoms with Crippen molar-refractivity contribution in [3.8, 4) is 0 Å². The van der Waals surface area contributed by atoms with Crippen LogP contribution in [0.5, 0.6) is 0 Å². The maximum Gasteiger partial charge on any atom is 0.136 e. The summed E-state index contributed by atoms with van der Waals surface area (Å²) in [6.07, 6.45) is 8.10. The van der Waals surface area contributed by atoms with Gasteiger partial charge in [0.1, 0.15) is 12.1 Å². The molecule has 1 aromatic rings. The van der Waals surface area contributed by atoms with Crippen LogP contribution in [0.2, 0.25) is 0 Å². The molecule has 0 aliphatic carbocycles. The van der Waals surface area contributed by atoms with Crippen LogP contribution in [0.4, 0.5) is 5.82 Å². The van der Waals surface area contributed by atoms with Gasteiger partial charge >= 0.3 is 0 Å². The minimum Gasteiger partial charge on any atom is -0.356 e. The Bertz CT molecular complexity index is 383. The fraction of sp³-hybridized carbons (Fsp3) is 0.692. The quantitative estimate of drug-likeness (QED) is 0.796. The molecule has 2 aliphatic rings. The Morgan fingerprint density at radius 3 is 2.71 bits per heavy atom. The molecule has 2 aliphatic heterocycles. The molecule has 0 unspecified atom stereocenters. The first kappa shape index (κ1) is 11.0. The third kappa shape index (κ3) is 2.27. The van der Waals surface area contributed by atoms with E-state index in [0.29, 0.717) is 0 Å². The molecule has 4 nitrogen and oxygen atoms in total. The number of aromatic nitrogens is 2. The molecule has 0 spiro atoms. The number of fused-ring (bicyclic) bond motifs is 1. The zero-order valence-electron chi connectivity index (χ0n) is 10.3.